The van der Waals surface area contributed by atoms with Gasteiger partial charge in [0.05, 0.1) is 49.6 Å². The number of carbonyl (C=O) groups is 9. The topological polar surface area (TPSA) is 417 Å². The third kappa shape index (κ3) is 23.1. The molecule has 638 valence electrons. The van der Waals surface area contributed by atoms with Crippen LogP contribution < -0.4 is 52.0 Å². The fourth-order valence-corrected chi connectivity index (χ4v) is 21.1. The zero-order valence-electron chi connectivity index (χ0n) is 66.4. The standard InChI is InChI=1S/C20H26F3N2O6P.C20H27N3O5.C19H27N2O7P.C18H25N2O6P/c1-24-17(26)11-29-19(27)18-15-9-8-13(25(15)2)10-16(18)31-32(28,30-12-20(21,22)23)14-6-4-3-5-7-14;1-21-17(24)11-27-14-7-4-12(5-8-14)20(26)28-16-10-13-6-9-15(23(13)3)18(16)19(25)22-2;1-20-17(22)11-27-13-5-7-14(8-6-13)29(24,25)28-16-10-12-4-9-15(21(12)2)18(16)19(23)26-3;1-19-16(21)11-20-12-8-9-14(20)17(18(22)25-2)15(10-12)26-27(23,24)13-6-4-3-5-7-13/h3-7,13,15-16,18H,8-12H2,1-2H3,(H,24,26);4-5,7-8,13,15-16,18H,6,9-11H2,1-3H3,(H,21,24)(H,22,25);5-8,12,15-16,18,24-25H,4,9-11H2,1-3H3;3-7,12,14-15,17,23-24H,8-11H2,1-2H3/p+2/t13?,15?,16?,18-,32?;13?,15?,16?,18-;12?,15?,16?,18-;12?,14?,15?,17-/m1111/s1. The first kappa shape index (κ1) is 92.0. The van der Waals surface area contributed by atoms with Crippen LogP contribution in [0.15, 0.2) is 109 Å². The highest BCUT2D eigenvalue weighted by Gasteiger charge is 2.59. The van der Waals surface area contributed by atoms with E-state index in [0.717, 1.165) is 44.9 Å². The van der Waals surface area contributed by atoms with Gasteiger partial charge in [-0.1, -0.05) is 36.4 Å². The maximum Gasteiger partial charge on any atom is 0.443 e. The van der Waals surface area contributed by atoms with Gasteiger partial charge < -0.3 is 59.5 Å². The Morgan fingerprint density at radius 1 is 0.474 bits per heavy atom. The van der Waals surface area contributed by atoms with Crippen molar-refractivity contribution in [2.24, 2.45) is 23.7 Å². The number of hydrogen-bond donors (Lipinski definition) is 9. The zero-order valence-corrected chi connectivity index (χ0v) is 69.1. The highest BCUT2D eigenvalue weighted by atomic mass is 31.2. The number of amides is 5. The van der Waals surface area contributed by atoms with E-state index in [1.165, 1.54) is 71.8 Å². The molecule has 8 fully saturated rings. The summed E-state index contributed by atoms with van der Waals surface area (Å²) < 4.78 is 106. The average Bonchev–Trinajstić information content (AvgIpc) is 1.62. The lowest BCUT2D eigenvalue weighted by molar-refractivity contribution is -0.163. The van der Waals surface area contributed by atoms with Gasteiger partial charge in [0.15, 0.2) is 37.0 Å². The fraction of sp³-hybridized carbons (Fsp3) is 0.571. The van der Waals surface area contributed by atoms with Crippen molar-refractivity contribution in [3.63, 3.8) is 0 Å². The largest absolute Gasteiger partial charge is 0.484 e. The second-order valence-corrected chi connectivity index (χ2v) is 35.1. The molecule has 8 saturated heterocycles. The molecule has 17 atom stereocenters. The number of benzene rings is 4. The quantitative estimate of drug-likeness (QED) is 0.0235. The number of rotatable bonds is 27. The molecular weight excluding hydrogens is 1580 g/mol. The molecule has 8 aliphatic heterocycles. The molecule has 5 amide bonds. The predicted octanol–water partition coefficient (Wildman–Crippen LogP) is 3.25. The van der Waals surface area contributed by atoms with E-state index in [2.05, 4.69) is 36.4 Å². The maximum absolute atomic E-state index is 13.6. The van der Waals surface area contributed by atoms with E-state index in [0.29, 0.717) is 54.1 Å². The lowest BCUT2D eigenvalue weighted by Crippen LogP contribution is -2.56. The minimum absolute atomic E-state index is 0.0137. The molecule has 33 nitrogen and oxygen atoms in total. The summed E-state index contributed by atoms with van der Waals surface area (Å²) in [6.45, 7) is -2.29. The zero-order chi connectivity index (χ0) is 84.6. The summed E-state index contributed by atoms with van der Waals surface area (Å²) >= 11 is 0. The van der Waals surface area contributed by atoms with Gasteiger partial charge in [-0.05, 0) is 165 Å². The maximum atomic E-state index is 13.6. The molecule has 4 aromatic carbocycles. The van der Waals surface area contributed by atoms with Gasteiger partial charge in [-0.3, -0.25) is 67.0 Å². The predicted molar refractivity (Wildman–Crippen MR) is 417 cm³/mol. The highest BCUT2D eigenvalue weighted by Crippen LogP contribution is 2.58. The lowest BCUT2D eigenvalue weighted by Gasteiger charge is -2.42. The summed E-state index contributed by atoms with van der Waals surface area (Å²) in [5, 5.41) is 13.0. The van der Waals surface area contributed by atoms with Gasteiger partial charge in [-0.25, -0.2) is 4.79 Å². The SMILES string of the molecule is CNC(=O)CN1C2CCC1[C@@H](C(=O)OC)C(O[P+](O)(O)c1ccccc1)C2.CNC(=O)COC(=O)[C@H]1C(OP(=O)(OCC(F)(F)F)c2ccccc2)CC2CCC1N2C.CNC(=O)COc1ccc(C(=O)OC2CC3CCC([C@H]2C(=O)NC)N3C)cc1.CNC(=O)COc1ccc([P+](O)(O)OC2CC3CCC([C@H]2C(=O)OC)N3C)cc1. The molecular formula is C77H107F3N9O24P3+2. The van der Waals surface area contributed by atoms with Crippen LogP contribution in [0.5, 0.6) is 11.5 Å². The summed E-state index contributed by atoms with van der Waals surface area (Å²) in [7, 11) is 3.94. The van der Waals surface area contributed by atoms with Crippen molar-refractivity contribution >= 4 is 92.8 Å². The number of carbonyl (C=O) groups excluding carboxylic acids is 9. The van der Waals surface area contributed by atoms with Gasteiger partial charge in [0.2, 0.25) is 11.8 Å². The number of hydrogen-bond acceptors (Lipinski definition) is 28. The Labute approximate surface area is 672 Å². The van der Waals surface area contributed by atoms with Crippen molar-refractivity contribution in [2.45, 2.75) is 156 Å². The molecule has 13 unspecified atom stereocenters. The van der Waals surface area contributed by atoms with Gasteiger partial charge in [0.1, 0.15) is 41.6 Å². The van der Waals surface area contributed by atoms with E-state index in [-0.39, 0.29) is 109 Å². The van der Waals surface area contributed by atoms with E-state index in [9.17, 15) is 80.5 Å². The minimum atomic E-state index is -4.72. The lowest BCUT2D eigenvalue weighted by atomic mass is 9.86. The van der Waals surface area contributed by atoms with Crippen molar-refractivity contribution in [1.29, 1.82) is 0 Å². The number of likely N-dealkylation sites (N-methyl/N-ethyl adjacent to an activating group) is 4. The molecule has 0 radical (unpaired) electrons. The van der Waals surface area contributed by atoms with Crippen LogP contribution in [0.1, 0.15) is 87.4 Å². The molecule has 12 rings (SSSR count). The Balaban J connectivity index is 0.000000177. The summed E-state index contributed by atoms with van der Waals surface area (Å²) in [5.41, 5.74) is 0.384. The Bertz CT molecular complexity index is 4060. The summed E-state index contributed by atoms with van der Waals surface area (Å²) in [4.78, 5) is 160. The first-order valence-electron chi connectivity index (χ1n) is 38.2. The number of alkyl halides is 3. The van der Waals surface area contributed by atoms with E-state index in [1.807, 2.05) is 30.9 Å². The number of esters is 4. The number of methoxy groups -OCH3 is 2. The second kappa shape index (κ2) is 41.2. The second-order valence-electron chi connectivity index (χ2n) is 29.5. The first-order valence-corrected chi connectivity index (χ1v) is 43.0. The van der Waals surface area contributed by atoms with Crippen molar-refractivity contribution in [1.82, 2.24) is 46.2 Å². The number of ether oxygens (including phenoxy) is 6. The van der Waals surface area contributed by atoms with Crippen molar-refractivity contribution in [3.8, 4) is 11.5 Å². The van der Waals surface area contributed by atoms with E-state index >= 15 is 0 Å². The van der Waals surface area contributed by atoms with Crippen molar-refractivity contribution in [2.75, 3.05) is 104 Å². The van der Waals surface area contributed by atoms with Gasteiger partial charge in [-0.2, -0.15) is 41.8 Å². The molecule has 39 heteroatoms. The fourth-order valence-electron chi connectivity index (χ4n) is 16.8. The Hall–Kier alpha value is -7.89. The van der Waals surface area contributed by atoms with Gasteiger partial charge in [0.25, 0.3) is 17.7 Å². The van der Waals surface area contributed by atoms with Gasteiger partial charge in [0, 0.05) is 90.0 Å². The average molecular weight is 1690 g/mol. The van der Waals surface area contributed by atoms with E-state index < -0.39 is 115 Å². The molecule has 0 aliphatic carbocycles. The van der Waals surface area contributed by atoms with Crippen molar-refractivity contribution in [3.05, 3.63) is 115 Å². The molecule has 0 saturated carbocycles. The highest BCUT2D eigenvalue weighted by molar-refractivity contribution is 7.68. The molecule has 0 aromatic heterocycles. The Kier molecular flexibility index (Phi) is 32.7. The van der Waals surface area contributed by atoms with Crippen LogP contribution in [0.4, 0.5) is 13.2 Å². The monoisotopic (exact) mass is 1690 g/mol. The van der Waals surface area contributed by atoms with Crippen LogP contribution in [0, 0.1) is 23.7 Å². The molecule has 8 heterocycles. The number of piperidine rings is 4. The van der Waals surface area contributed by atoms with Crippen LogP contribution in [-0.4, -0.2) is 275 Å². The summed E-state index contributed by atoms with van der Waals surface area (Å²) in [6.07, 6.45) is 1.09. The smallest absolute Gasteiger partial charge is 0.443 e. The summed E-state index contributed by atoms with van der Waals surface area (Å²) in [5.74, 6) is -4.91. The molecule has 4 aromatic rings. The molecule has 8 bridgehead atoms. The van der Waals surface area contributed by atoms with Crippen LogP contribution in [0.3, 0.4) is 0 Å². The van der Waals surface area contributed by atoms with Crippen molar-refractivity contribution < 1.29 is 127 Å². The number of nitrogens with zero attached hydrogens (tertiary/aromatic N) is 4. The van der Waals surface area contributed by atoms with Gasteiger partial charge in [-0.15, -0.1) is 0 Å². The van der Waals surface area contributed by atoms with E-state index in [4.69, 9.17) is 46.5 Å². The van der Waals surface area contributed by atoms with Crippen LogP contribution >= 0.6 is 23.5 Å². The van der Waals surface area contributed by atoms with Crippen LogP contribution in [0.2, 0.25) is 0 Å². The third-order valence-corrected chi connectivity index (χ3v) is 27.9. The third-order valence-electron chi connectivity index (χ3n) is 22.9. The minimum Gasteiger partial charge on any atom is -0.484 e. The number of halogens is 3. The Morgan fingerprint density at radius 3 is 1.35 bits per heavy atom. The number of fused-ring (bicyclic) bond motifs is 8. The van der Waals surface area contributed by atoms with Gasteiger partial charge >= 0.3 is 53.5 Å². The molecule has 8 aliphatic rings. The molecule has 9 N–H and O–H groups in total. The van der Waals surface area contributed by atoms with E-state index in [1.54, 1.807) is 86.9 Å². The molecule has 0 spiro atoms. The summed E-state index contributed by atoms with van der Waals surface area (Å²) in [6, 6.07) is 28.4. The molecule has 116 heavy (non-hydrogen) atoms. The van der Waals surface area contributed by atoms with Crippen LogP contribution in [0.25, 0.3) is 0 Å². The van der Waals surface area contributed by atoms with Crippen LogP contribution in [-0.2, 0) is 80.0 Å². The number of nitrogens with one attached hydrogen (secondary N) is 5. The Morgan fingerprint density at radius 2 is 0.879 bits per heavy atom. The first-order chi connectivity index (χ1) is 55.1. The normalized spacial score (nSPS) is 27.2.